The van der Waals surface area contributed by atoms with Crippen LogP contribution in [-0.2, 0) is 17.6 Å². The van der Waals surface area contributed by atoms with Crippen molar-refractivity contribution in [1.29, 1.82) is 0 Å². The molecular weight excluding hydrogens is 396 g/mol. The van der Waals surface area contributed by atoms with Crippen LogP contribution in [0.1, 0.15) is 40.4 Å². The van der Waals surface area contributed by atoms with Crippen molar-refractivity contribution in [2.24, 2.45) is 11.3 Å². The first-order valence-electron chi connectivity index (χ1n) is 11.1. The lowest BCUT2D eigenvalue weighted by Gasteiger charge is -2.35. The van der Waals surface area contributed by atoms with Crippen molar-refractivity contribution in [3.63, 3.8) is 0 Å². The number of allylic oxidation sites excluding steroid dienone is 2. The van der Waals surface area contributed by atoms with Gasteiger partial charge in [0, 0.05) is 11.3 Å². The van der Waals surface area contributed by atoms with E-state index < -0.39 is 11.5 Å². The second kappa shape index (κ2) is 7.97. The molecule has 3 aliphatic rings. The number of ether oxygens (including phenoxy) is 1. The summed E-state index contributed by atoms with van der Waals surface area (Å²) in [5, 5.41) is 11.7. The predicted molar refractivity (Wildman–Crippen MR) is 126 cm³/mol. The fourth-order valence-electron chi connectivity index (χ4n) is 5.34. The zero-order valence-corrected chi connectivity index (χ0v) is 18.4. The second-order valence-corrected chi connectivity index (χ2v) is 9.01. The van der Waals surface area contributed by atoms with Gasteiger partial charge in [0.2, 0.25) is 0 Å². The summed E-state index contributed by atoms with van der Waals surface area (Å²) in [6.07, 6.45) is 8.05. The highest BCUT2D eigenvalue weighted by molar-refractivity contribution is 5.89. The molecule has 3 aliphatic carbocycles. The number of aliphatic hydroxyl groups is 1. The lowest BCUT2D eigenvalue weighted by atomic mass is 9.71. The molecule has 0 aromatic heterocycles. The van der Waals surface area contributed by atoms with Crippen molar-refractivity contribution in [3.05, 3.63) is 99.7 Å². The van der Waals surface area contributed by atoms with Gasteiger partial charge in [0.25, 0.3) is 0 Å². The van der Waals surface area contributed by atoms with Crippen LogP contribution < -0.4 is 0 Å². The van der Waals surface area contributed by atoms with E-state index in [2.05, 4.69) is 55.2 Å². The van der Waals surface area contributed by atoms with Crippen molar-refractivity contribution >= 4 is 12.0 Å². The van der Waals surface area contributed by atoms with Gasteiger partial charge in [0.05, 0.1) is 18.8 Å². The van der Waals surface area contributed by atoms with Gasteiger partial charge in [-0.1, -0.05) is 66.0 Å². The van der Waals surface area contributed by atoms with Crippen LogP contribution >= 0.6 is 0 Å². The van der Waals surface area contributed by atoms with E-state index in [-0.39, 0.29) is 11.9 Å². The Hall–Kier alpha value is -3.35. The first-order chi connectivity index (χ1) is 15.5. The summed E-state index contributed by atoms with van der Waals surface area (Å²) in [6.45, 7) is 2.10. The molecule has 0 bridgehead atoms. The Bertz CT molecular complexity index is 1230. The van der Waals surface area contributed by atoms with E-state index in [0.717, 1.165) is 24.0 Å². The van der Waals surface area contributed by atoms with Crippen molar-refractivity contribution < 1.29 is 14.6 Å². The van der Waals surface area contributed by atoms with Gasteiger partial charge in [-0.3, -0.25) is 0 Å². The molecule has 0 spiro atoms. The molecule has 2 aromatic rings. The van der Waals surface area contributed by atoms with Gasteiger partial charge in [-0.15, -0.1) is 0 Å². The molecule has 1 fully saturated rings. The predicted octanol–water partition coefficient (Wildman–Crippen LogP) is 4.91. The number of hydrogen-bond donors (Lipinski definition) is 1. The van der Waals surface area contributed by atoms with Crippen LogP contribution in [0.25, 0.3) is 6.08 Å². The number of benzene rings is 2. The number of fused-ring (bicyclic) bond motifs is 2. The molecule has 0 amide bonds. The molecule has 1 saturated carbocycles. The van der Waals surface area contributed by atoms with Crippen molar-refractivity contribution in [2.45, 2.75) is 32.3 Å². The van der Waals surface area contributed by atoms with Crippen molar-refractivity contribution in [1.82, 2.24) is 0 Å². The maximum absolute atomic E-state index is 11.9. The van der Waals surface area contributed by atoms with Gasteiger partial charge < -0.3 is 9.84 Å². The summed E-state index contributed by atoms with van der Waals surface area (Å²) in [5.41, 5.74) is 7.11. The minimum absolute atomic E-state index is 0.163. The molecule has 5 rings (SSSR count). The van der Waals surface area contributed by atoms with Crippen LogP contribution in [0.5, 0.6) is 0 Å². The van der Waals surface area contributed by atoms with Crippen LogP contribution in [0.2, 0.25) is 0 Å². The summed E-state index contributed by atoms with van der Waals surface area (Å²) in [4.78, 5) is 11.9. The van der Waals surface area contributed by atoms with E-state index in [4.69, 9.17) is 4.74 Å². The average Bonchev–Trinajstić information content (AvgIpc) is 3.28. The first kappa shape index (κ1) is 20.5. The SMILES string of the molecule is COC(=O)c1ccc(CC2(C3=Cc4ccccc4C3)CC3=CC(C)C#CC=C3C2O)cc1. The van der Waals surface area contributed by atoms with Gasteiger partial charge in [0.1, 0.15) is 0 Å². The Labute approximate surface area is 189 Å². The molecule has 3 unspecified atom stereocenters. The first-order valence-corrected chi connectivity index (χ1v) is 11.1. The zero-order valence-electron chi connectivity index (χ0n) is 18.4. The minimum Gasteiger partial charge on any atom is -0.465 e. The molecule has 32 heavy (non-hydrogen) atoms. The standard InChI is InChI=1S/C29H26O3/c1-19-6-5-9-26-24(14-19)18-29(27(26)30,25-15-22-7-3-4-8-23(22)16-25)17-20-10-12-21(13-11-20)28(31)32-2/h3-4,7-15,19,27,30H,16-18H2,1-2H3. The highest BCUT2D eigenvalue weighted by Gasteiger charge is 2.50. The molecule has 0 aliphatic heterocycles. The Morgan fingerprint density at radius 2 is 1.97 bits per heavy atom. The van der Waals surface area contributed by atoms with E-state index in [1.54, 1.807) is 12.1 Å². The van der Waals surface area contributed by atoms with Gasteiger partial charge in [-0.05, 0) is 72.2 Å². The van der Waals surface area contributed by atoms with Crippen LogP contribution in [0, 0.1) is 23.2 Å². The fourth-order valence-corrected chi connectivity index (χ4v) is 5.34. The Morgan fingerprint density at radius 3 is 2.72 bits per heavy atom. The van der Waals surface area contributed by atoms with E-state index in [0.29, 0.717) is 12.0 Å². The van der Waals surface area contributed by atoms with Crippen LogP contribution in [-0.4, -0.2) is 24.3 Å². The molecule has 3 nitrogen and oxygen atoms in total. The fraction of sp³-hybridized carbons (Fsp3) is 0.276. The Balaban J connectivity index is 1.57. The molecule has 0 heterocycles. The van der Waals surface area contributed by atoms with Gasteiger partial charge in [-0.2, -0.15) is 0 Å². The lowest BCUT2D eigenvalue weighted by molar-refractivity contribution is 0.0600. The number of carbonyl (C=O) groups is 1. The monoisotopic (exact) mass is 422 g/mol. The van der Waals surface area contributed by atoms with E-state index in [1.165, 1.54) is 29.4 Å². The highest BCUT2D eigenvalue weighted by atomic mass is 16.5. The molecule has 3 atom stereocenters. The van der Waals surface area contributed by atoms with Crippen LogP contribution in [0.15, 0.2) is 77.4 Å². The molecule has 1 N–H and O–H groups in total. The summed E-state index contributed by atoms with van der Waals surface area (Å²) in [7, 11) is 1.39. The molecule has 2 aromatic carbocycles. The van der Waals surface area contributed by atoms with Crippen LogP contribution in [0.4, 0.5) is 0 Å². The van der Waals surface area contributed by atoms with E-state index >= 15 is 0 Å². The molecule has 0 radical (unpaired) electrons. The third-order valence-electron chi connectivity index (χ3n) is 6.98. The summed E-state index contributed by atoms with van der Waals surface area (Å²) in [6, 6.07) is 16.0. The normalized spacial score (nSPS) is 25.4. The topological polar surface area (TPSA) is 46.5 Å². The highest BCUT2D eigenvalue weighted by Crippen LogP contribution is 2.55. The quantitative estimate of drug-likeness (QED) is 0.562. The largest absolute Gasteiger partial charge is 0.465 e. The maximum Gasteiger partial charge on any atom is 0.337 e. The van der Waals surface area contributed by atoms with Crippen molar-refractivity contribution in [2.75, 3.05) is 7.11 Å². The smallest absolute Gasteiger partial charge is 0.337 e. The molecule has 0 saturated heterocycles. The summed E-state index contributed by atoms with van der Waals surface area (Å²) >= 11 is 0. The summed E-state index contributed by atoms with van der Waals surface area (Å²) < 4.78 is 4.83. The van der Waals surface area contributed by atoms with Gasteiger partial charge in [-0.25, -0.2) is 4.79 Å². The zero-order chi connectivity index (χ0) is 22.3. The number of carbonyl (C=O) groups excluding carboxylic acids is 1. The second-order valence-electron chi connectivity index (χ2n) is 9.01. The third-order valence-corrected chi connectivity index (χ3v) is 6.98. The maximum atomic E-state index is 11.9. The lowest BCUT2D eigenvalue weighted by Crippen LogP contribution is -2.35. The van der Waals surface area contributed by atoms with E-state index in [9.17, 15) is 9.90 Å². The van der Waals surface area contributed by atoms with Crippen LogP contribution in [0.3, 0.4) is 0 Å². The number of methoxy groups -OCH3 is 1. The van der Waals surface area contributed by atoms with Gasteiger partial charge >= 0.3 is 5.97 Å². The van der Waals surface area contributed by atoms with Crippen molar-refractivity contribution in [3.8, 4) is 11.8 Å². The van der Waals surface area contributed by atoms with E-state index in [1.807, 2.05) is 18.2 Å². The number of rotatable bonds is 4. The molecule has 160 valence electrons. The summed E-state index contributed by atoms with van der Waals surface area (Å²) in [5.74, 6) is 6.17. The molecular formula is C29H26O3. The Kier molecular flexibility index (Phi) is 5.12. The minimum atomic E-state index is -0.630. The van der Waals surface area contributed by atoms with Gasteiger partial charge in [0.15, 0.2) is 0 Å². The number of hydrogen-bond acceptors (Lipinski definition) is 3. The number of aliphatic hydroxyl groups excluding tert-OH is 1. The number of esters is 1. The molecule has 3 heteroatoms. The Morgan fingerprint density at radius 1 is 1.19 bits per heavy atom. The average molecular weight is 423 g/mol. The third kappa shape index (κ3) is 3.42.